The summed E-state index contributed by atoms with van der Waals surface area (Å²) in [5.41, 5.74) is 1.12. The monoisotopic (exact) mass is 246 g/mol. The fourth-order valence-electron chi connectivity index (χ4n) is 1.30. The molecule has 4 heteroatoms. The maximum atomic E-state index is 11.3. The summed E-state index contributed by atoms with van der Waals surface area (Å²) in [5.74, 6) is 0.202. The number of carbonyl (C=O) groups excluding carboxylic acids is 1. The predicted molar refractivity (Wildman–Crippen MR) is 57.0 cm³/mol. The molecule has 0 aromatic heterocycles. The third-order valence-corrected chi connectivity index (χ3v) is 2.97. The molecule has 1 fully saturated rings. The molecular weight excluding hydrogens is 232 g/mol. The molecule has 0 atom stereocenters. The Morgan fingerprint density at radius 2 is 2.31 bits per heavy atom. The Hall–Kier alpha value is -0.350. The number of hydrogen-bond donors (Lipinski definition) is 0. The molecule has 13 heavy (non-hydrogen) atoms. The van der Waals surface area contributed by atoms with Crippen LogP contribution in [0, 0.1) is 0 Å². The number of carbonyl (C=O) groups is 1. The molecule has 0 aliphatic carbocycles. The molecule has 0 N–H and O–H groups in total. The normalized spacial score (nSPS) is 19.2. The number of halogens is 1. The molecule has 0 unspecified atom stereocenters. The quantitative estimate of drug-likeness (QED) is 0.541. The lowest BCUT2D eigenvalue weighted by molar-refractivity contribution is -0.134. The first kappa shape index (κ1) is 10.7. The van der Waals surface area contributed by atoms with E-state index in [1.54, 1.807) is 4.90 Å². The maximum absolute atomic E-state index is 11.3. The Bertz CT molecular complexity index is 216. The predicted octanol–water partition coefficient (Wildman–Crippen LogP) is 0.712. The van der Waals surface area contributed by atoms with E-state index in [1.807, 2.05) is 7.05 Å². The van der Waals surface area contributed by atoms with E-state index in [2.05, 4.69) is 27.4 Å². The molecule has 0 radical (unpaired) electrons. The topological polar surface area (TPSA) is 23.6 Å². The molecule has 1 saturated heterocycles. The third-order valence-electron chi connectivity index (χ3n) is 2.17. The minimum absolute atomic E-state index is 0.202. The van der Waals surface area contributed by atoms with Crippen molar-refractivity contribution in [3.8, 4) is 0 Å². The second kappa shape index (κ2) is 4.77. The van der Waals surface area contributed by atoms with Crippen LogP contribution in [-0.4, -0.2) is 54.3 Å². The van der Waals surface area contributed by atoms with Crippen LogP contribution in [0.25, 0.3) is 0 Å². The molecule has 0 aromatic carbocycles. The Balaban J connectivity index is 2.37. The van der Waals surface area contributed by atoms with E-state index >= 15 is 0 Å². The van der Waals surface area contributed by atoms with Crippen molar-refractivity contribution in [1.82, 2.24) is 9.80 Å². The van der Waals surface area contributed by atoms with Gasteiger partial charge in [-0.05, 0) is 0 Å². The van der Waals surface area contributed by atoms with Crippen molar-refractivity contribution < 1.29 is 4.79 Å². The standard InChI is InChI=1S/C9H15BrN2O/c1-8(5-10)6-12-4-3-11(2)9(13)7-12/h1,3-7H2,2H3. The highest BCUT2D eigenvalue weighted by atomic mass is 79.9. The molecule has 1 rings (SSSR count). The molecule has 0 aromatic rings. The smallest absolute Gasteiger partial charge is 0.236 e. The number of likely N-dealkylation sites (N-methyl/N-ethyl adjacent to an activating group) is 1. The number of rotatable bonds is 3. The van der Waals surface area contributed by atoms with Crippen LogP contribution in [0.5, 0.6) is 0 Å². The van der Waals surface area contributed by atoms with E-state index in [1.165, 1.54) is 0 Å². The number of piperazine rings is 1. The van der Waals surface area contributed by atoms with Gasteiger partial charge in [0.25, 0.3) is 0 Å². The van der Waals surface area contributed by atoms with Gasteiger partial charge in [-0.2, -0.15) is 0 Å². The molecule has 1 aliphatic heterocycles. The number of nitrogens with zero attached hydrogens (tertiary/aromatic N) is 2. The summed E-state index contributed by atoms with van der Waals surface area (Å²) in [5, 5.41) is 0.813. The van der Waals surface area contributed by atoms with Crippen LogP contribution in [0.3, 0.4) is 0 Å². The Labute approximate surface area is 87.5 Å². The van der Waals surface area contributed by atoms with Gasteiger partial charge in [-0.15, -0.1) is 0 Å². The van der Waals surface area contributed by atoms with Crippen molar-refractivity contribution in [3.05, 3.63) is 12.2 Å². The van der Waals surface area contributed by atoms with Crippen LogP contribution in [0.2, 0.25) is 0 Å². The van der Waals surface area contributed by atoms with Crippen molar-refractivity contribution in [2.45, 2.75) is 0 Å². The van der Waals surface area contributed by atoms with Gasteiger partial charge in [0.05, 0.1) is 6.54 Å². The zero-order chi connectivity index (χ0) is 9.84. The summed E-state index contributed by atoms with van der Waals surface area (Å²) < 4.78 is 0. The van der Waals surface area contributed by atoms with E-state index in [-0.39, 0.29) is 5.91 Å². The summed E-state index contributed by atoms with van der Waals surface area (Å²) in [6.45, 7) is 7.03. The van der Waals surface area contributed by atoms with Crippen molar-refractivity contribution in [2.75, 3.05) is 38.6 Å². The van der Waals surface area contributed by atoms with Gasteiger partial charge in [0.15, 0.2) is 0 Å². The lowest BCUT2D eigenvalue weighted by atomic mass is 10.2. The van der Waals surface area contributed by atoms with Gasteiger partial charge in [0, 0.05) is 32.0 Å². The average Bonchev–Trinajstić information content (AvgIpc) is 2.11. The largest absolute Gasteiger partial charge is 0.343 e. The minimum atomic E-state index is 0.202. The fraction of sp³-hybridized carbons (Fsp3) is 0.667. The zero-order valence-corrected chi connectivity index (χ0v) is 9.51. The van der Waals surface area contributed by atoms with Crippen LogP contribution < -0.4 is 0 Å². The van der Waals surface area contributed by atoms with Crippen LogP contribution >= 0.6 is 15.9 Å². The first-order chi connectivity index (χ1) is 6.13. The van der Waals surface area contributed by atoms with E-state index < -0.39 is 0 Å². The van der Waals surface area contributed by atoms with E-state index in [4.69, 9.17) is 0 Å². The second-order valence-corrected chi connectivity index (χ2v) is 3.97. The molecule has 3 nitrogen and oxygen atoms in total. The van der Waals surface area contributed by atoms with Crippen molar-refractivity contribution >= 4 is 21.8 Å². The summed E-state index contributed by atoms with van der Waals surface area (Å²) in [4.78, 5) is 15.2. The van der Waals surface area contributed by atoms with Gasteiger partial charge in [0.1, 0.15) is 0 Å². The van der Waals surface area contributed by atoms with Gasteiger partial charge in [-0.25, -0.2) is 0 Å². The SMILES string of the molecule is C=C(CBr)CN1CCN(C)C(=O)C1. The zero-order valence-electron chi connectivity index (χ0n) is 7.92. The van der Waals surface area contributed by atoms with Gasteiger partial charge >= 0.3 is 0 Å². The Morgan fingerprint density at radius 3 is 2.85 bits per heavy atom. The molecule has 74 valence electrons. The highest BCUT2D eigenvalue weighted by molar-refractivity contribution is 9.09. The second-order valence-electron chi connectivity index (χ2n) is 3.41. The van der Waals surface area contributed by atoms with Gasteiger partial charge in [-0.3, -0.25) is 9.69 Å². The molecular formula is C9H15BrN2O. The first-order valence-electron chi connectivity index (χ1n) is 4.32. The van der Waals surface area contributed by atoms with Crippen LogP contribution in [-0.2, 0) is 4.79 Å². The minimum Gasteiger partial charge on any atom is -0.343 e. The van der Waals surface area contributed by atoms with E-state index in [0.717, 1.165) is 30.5 Å². The summed E-state index contributed by atoms with van der Waals surface area (Å²) in [6, 6.07) is 0. The summed E-state index contributed by atoms with van der Waals surface area (Å²) >= 11 is 3.35. The van der Waals surface area contributed by atoms with Crippen molar-refractivity contribution in [2.24, 2.45) is 0 Å². The first-order valence-corrected chi connectivity index (χ1v) is 5.44. The van der Waals surface area contributed by atoms with Crippen molar-refractivity contribution in [3.63, 3.8) is 0 Å². The van der Waals surface area contributed by atoms with Crippen molar-refractivity contribution in [1.29, 1.82) is 0 Å². The average molecular weight is 247 g/mol. The maximum Gasteiger partial charge on any atom is 0.236 e. The Morgan fingerprint density at radius 1 is 1.62 bits per heavy atom. The third kappa shape index (κ3) is 3.12. The molecule has 1 amide bonds. The number of hydrogen-bond acceptors (Lipinski definition) is 2. The lowest BCUT2D eigenvalue weighted by Gasteiger charge is -2.32. The fourth-order valence-corrected chi connectivity index (χ4v) is 1.48. The van der Waals surface area contributed by atoms with Crippen LogP contribution in [0.4, 0.5) is 0 Å². The van der Waals surface area contributed by atoms with Crippen LogP contribution in [0.15, 0.2) is 12.2 Å². The van der Waals surface area contributed by atoms with E-state index in [9.17, 15) is 4.79 Å². The Kier molecular flexibility index (Phi) is 3.93. The van der Waals surface area contributed by atoms with Gasteiger partial charge in [0.2, 0.25) is 5.91 Å². The highest BCUT2D eigenvalue weighted by Crippen LogP contribution is 2.05. The molecule has 0 spiro atoms. The molecule has 0 saturated carbocycles. The highest BCUT2D eigenvalue weighted by Gasteiger charge is 2.20. The molecule has 0 bridgehead atoms. The number of amides is 1. The lowest BCUT2D eigenvalue weighted by Crippen LogP contribution is -2.48. The molecule has 1 heterocycles. The number of alkyl halides is 1. The van der Waals surface area contributed by atoms with Gasteiger partial charge < -0.3 is 4.90 Å². The van der Waals surface area contributed by atoms with E-state index in [0.29, 0.717) is 6.54 Å². The summed E-state index contributed by atoms with van der Waals surface area (Å²) in [6.07, 6.45) is 0. The summed E-state index contributed by atoms with van der Waals surface area (Å²) in [7, 11) is 1.85. The molecule has 1 aliphatic rings. The van der Waals surface area contributed by atoms with Gasteiger partial charge in [-0.1, -0.05) is 28.1 Å². The van der Waals surface area contributed by atoms with Crippen LogP contribution in [0.1, 0.15) is 0 Å².